The maximum atomic E-state index is 12.6. The average molecular weight is 372 g/mol. The number of anilines is 1. The Labute approximate surface area is 160 Å². The van der Waals surface area contributed by atoms with Crippen molar-refractivity contribution in [1.82, 2.24) is 9.80 Å². The number of nitriles is 1. The van der Waals surface area contributed by atoms with Gasteiger partial charge in [0.25, 0.3) is 0 Å². The first kappa shape index (κ1) is 20.7. The van der Waals surface area contributed by atoms with Crippen LogP contribution in [0, 0.1) is 11.3 Å². The summed E-state index contributed by atoms with van der Waals surface area (Å²) in [6.45, 7) is 0.182. The van der Waals surface area contributed by atoms with Crippen LogP contribution in [0.5, 0.6) is 5.75 Å². The minimum Gasteiger partial charge on any atom is -0.497 e. The summed E-state index contributed by atoms with van der Waals surface area (Å²) in [6.07, 6.45) is 4.47. The minimum absolute atomic E-state index is 0.0885. The molecule has 146 valence electrons. The van der Waals surface area contributed by atoms with Crippen LogP contribution in [-0.4, -0.2) is 61.4 Å². The van der Waals surface area contributed by atoms with Gasteiger partial charge in [0.1, 0.15) is 11.3 Å². The van der Waals surface area contributed by atoms with Gasteiger partial charge in [0, 0.05) is 12.7 Å². The summed E-state index contributed by atoms with van der Waals surface area (Å²) >= 11 is 0. The Balaban J connectivity index is 1.86. The standard InChI is InChI=1S/C20H28N4O3/c1-23(13-18(25)22-16-7-9-17(27-3)10-8-16)14-19(26)24(2)20(15-21)11-5-4-6-12-20/h7-10H,4-6,11-14H2,1-3H3,(H,22,25). The van der Waals surface area contributed by atoms with E-state index in [0.29, 0.717) is 24.3 Å². The smallest absolute Gasteiger partial charge is 0.238 e. The minimum atomic E-state index is -0.707. The number of rotatable bonds is 7. The predicted molar refractivity (Wildman–Crippen MR) is 103 cm³/mol. The fraction of sp³-hybridized carbons (Fsp3) is 0.550. The third-order valence-electron chi connectivity index (χ3n) is 5.10. The van der Waals surface area contributed by atoms with Gasteiger partial charge in [-0.15, -0.1) is 0 Å². The molecule has 2 rings (SSSR count). The number of benzene rings is 1. The first-order chi connectivity index (χ1) is 12.9. The molecule has 1 N–H and O–H groups in total. The van der Waals surface area contributed by atoms with Crippen molar-refractivity contribution in [2.24, 2.45) is 0 Å². The van der Waals surface area contributed by atoms with Gasteiger partial charge in [0.2, 0.25) is 11.8 Å². The van der Waals surface area contributed by atoms with Crippen molar-refractivity contribution >= 4 is 17.5 Å². The molecule has 0 spiro atoms. The van der Waals surface area contributed by atoms with Crippen molar-refractivity contribution in [3.05, 3.63) is 24.3 Å². The Bertz CT molecular complexity index is 690. The number of hydrogen-bond acceptors (Lipinski definition) is 5. The third kappa shape index (κ3) is 5.44. The zero-order valence-electron chi connectivity index (χ0n) is 16.3. The van der Waals surface area contributed by atoms with Crippen LogP contribution in [0.2, 0.25) is 0 Å². The monoisotopic (exact) mass is 372 g/mol. The molecule has 1 saturated carbocycles. The summed E-state index contributed by atoms with van der Waals surface area (Å²) in [5, 5.41) is 12.4. The Morgan fingerprint density at radius 1 is 1.15 bits per heavy atom. The Morgan fingerprint density at radius 3 is 2.33 bits per heavy atom. The van der Waals surface area contributed by atoms with Gasteiger partial charge >= 0.3 is 0 Å². The van der Waals surface area contributed by atoms with E-state index in [4.69, 9.17) is 4.74 Å². The SMILES string of the molecule is COc1ccc(NC(=O)CN(C)CC(=O)N(C)C2(C#N)CCCCC2)cc1. The molecule has 7 heteroatoms. The normalized spacial score (nSPS) is 15.7. The van der Waals surface area contributed by atoms with Crippen LogP contribution in [0.25, 0.3) is 0 Å². The second-order valence-electron chi connectivity index (χ2n) is 7.11. The summed E-state index contributed by atoms with van der Waals surface area (Å²) in [6, 6.07) is 9.40. The molecular formula is C20H28N4O3. The second-order valence-corrected chi connectivity index (χ2v) is 7.11. The molecule has 1 aromatic rings. The molecule has 0 unspecified atom stereocenters. The van der Waals surface area contributed by atoms with Gasteiger partial charge < -0.3 is 15.0 Å². The highest BCUT2D eigenvalue weighted by Crippen LogP contribution is 2.32. The Kier molecular flexibility index (Phi) is 7.19. The summed E-state index contributed by atoms with van der Waals surface area (Å²) in [5.74, 6) is 0.372. The van der Waals surface area contributed by atoms with Crippen molar-refractivity contribution in [3.8, 4) is 11.8 Å². The van der Waals surface area contributed by atoms with Gasteiger partial charge in [-0.2, -0.15) is 5.26 Å². The lowest BCUT2D eigenvalue weighted by Crippen LogP contribution is -2.52. The lowest BCUT2D eigenvalue weighted by molar-refractivity contribution is -0.136. The molecule has 1 aliphatic rings. The first-order valence-corrected chi connectivity index (χ1v) is 9.20. The van der Waals surface area contributed by atoms with Gasteiger partial charge in [-0.25, -0.2) is 0 Å². The molecule has 0 aromatic heterocycles. The van der Waals surface area contributed by atoms with E-state index in [1.807, 2.05) is 0 Å². The quantitative estimate of drug-likeness (QED) is 0.793. The van der Waals surface area contributed by atoms with Crippen molar-refractivity contribution in [1.29, 1.82) is 5.26 Å². The van der Waals surface area contributed by atoms with Crippen molar-refractivity contribution in [2.45, 2.75) is 37.6 Å². The zero-order valence-corrected chi connectivity index (χ0v) is 16.3. The Hall–Kier alpha value is -2.59. The highest BCUT2D eigenvalue weighted by molar-refractivity contribution is 5.92. The maximum absolute atomic E-state index is 12.6. The average Bonchev–Trinajstić information content (AvgIpc) is 2.68. The maximum Gasteiger partial charge on any atom is 0.238 e. The molecule has 2 amide bonds. The zero-order chi connectivity index (χ0) is 19.9. The second kappa shape index (κ2) is 9.38. The molecule has 0 bridgehead atoms. The van der Waals surface area contributed by atoms with E-state index in [1.165, 1.54) is 0 Å². The van der Waals surface area contributed by atoms with Crippen molar-refractivity contribution in [3.63, 3.8) is 0 Å². The lowest BCUT2D eigenvalue weighted by Gasteiger charge is -2.39. The molecule has 7 nitrogen and oxygen atoms in total. The highest BCUT2D eigenvalue weighted by Gasteiger charge is 2.38. The number of carbonyl (C=O) groups excluding carboxylic acids is 2. The van der Waals surface area contributed by atoms with E-state index in [0.717, 1.165) is 19.3 Å². The fourth-order valence-electron chi connectivity index (χ4n) is 3.41. The van der Waals surface area contributed by atoms with E-state index < -0.39 is 5.54 Å². The number of likely N-dealkylation sites (N-methyl/N-ethyl adjacent to an activating group) is 2. The molecule has 0 radical (unpaired) electrons. The largest absolute Gasteiger partial charge is 0.497 e. The van der Waals surface area contributed by atoms with E-state index in [1.54, 1.807) is 55.3 Å². The van der Waals surface area contributed by atoms with Crippen molar-refractivity contribution < 1.29 is 14.3 Å². The van der Waals surface area contributed by atoms with Gasteiger partial charge in [0.15, 0.2) is 0 Å². The molecule has 0 atom stereocenters. The number of ether oxygens (including phenoxy) is 1. The van der Waals surface area contributed by atoms with Crippen LogP contribution >= 0.6 is 0 Å². The van der Waals surface area contributed by atoms with Gasteiger partial charge in [0.05, 0.1) is 26.3 Å². The van der Waals surface area contributed by atoms with Crippen LogP contribution in [0.1, 0.15) is 32.1 Å². The number of methoxy groups -OCH3 is 1. The first-order valence-electron chi connectivity index (χ1n) is 9.20. The van der Waals surface area contributed by atoms with E-state index in [9.17, 15) is 14.9 Å². The van der Waals surface area contributed by atoms with Crippen LogP contribution < -0.4 is 10.1 Å². The predicted octanol–water partition coefficient (Wildman–Crippen LogP) is 2.25. The van der Waals surface area contributed by atoms with E-state index in [-0.39, 0.29) is 24.9 Å². The summed E-state index contributed by atoms with van der Waals surface area (Å²) in [7, 11) is 5.00. The number of nitrogens with zero attached hydrogens (tertiary/aromatic N) is 3. The molecular weight excluding hydrogens is 344 g/mol. The number of carbonyl (C=O) groups is 2. The molecule has 0 saturated heterocycles. The van der Waals surface area contributed by atoms with Gasteiger partial charge in [-0.3, -0.25) is 14.5 Å². The van der Waals surface area contributed by atoms with Gasteiger partial charge in [-0.1, -0.05) is 19.3 Å². The van der Waals surface area contributed by atoms with Crippen LogP contribution in [0.3, 0.4) is 0 Å². The molecule has 0 heterocycles. The Morgan fingerprint density at radius 2 is 1.78 bits per heavy atom. The highest BCUT2D eigenvalue weighted by atomic mass is 16.5. The van der Waals surface area contributed by atoms with Crippen LogP contribution in [0.4, 0.5) is 5.69 Å². The number of nitrogens with one attached hydrogen (secondary N) is 1. The van der Waals surface area contributed by atoms with Crippen LogP contribution in [0.15, 0.2) is 24.3 Å². The van der Waals surface area contributed by atoms with Crippen LogP contribution in [-0.2, 0) is 9.59 Å². The topological polar surface area (TPSA) is 85.7 Å². The number of amides is 2. The van der Waals surface area contributed by atoms with E-state index >= 15 is 0 Å². The van der Waals surface area contributed by atoms with Crippen molar-refractivity contribution in [2.75, 3.05) is 39.6 Å². The number of hydrogen-bond donors (Lipinski definition) is 1. The molecule has 1 aromatic carbocycles. The summed E-state index contributed by atoms with van der Waals surface area (Å²) < 4.78 is 5.09. The molecule has 1 aliphatic carbocycles. The summed E-state index contributed by atoms with van der Waals surface area (Å²) in [5.41, 5.74) is -0.0371. The van der Waals surface area contributed by atoms with Gasteiger partial charge in [-0.05, 0) is 44.2 Å². The van der Waals surface area contributed by atoms with E-state index in [2.05, 4.69) is 11.4 Å². The molecule has 0 aliphatic heterocycles. The fourth-order valence-corrected chi connectivity index (χ4v) is 3.41. The third-order valence-corrected chi connectivity index (χ3v) is 5.10. The summed E-state index contributed by atoms with van der Waals surface area (Å²) in [4.78, 5) is 28.0. The lowest BCUT2D eigenvalue weighted by atomic mass is 9.81. The molecule has 1 fully saturated rings. The molecule has 27 heavy (non-hydrogen) atoms.